The number of aromatic nitrogens is 4. The first-order valence-electron chi connectivity index (χ1n) is 6.24. The fourth-order valence-electron chi connectivity index (χ4n) is 2.24. The predicted octanol–water partition coefficient (Wildman–Crippen LogP) is 3.16. The fraction of sp³-hybridized carbons (Fsp3) is 0.214. The van der Waals surface area contributed by atoms with Crippen LogP contribution in [0, 0.1) is 13.8 Å². The van der Waals surface area contributed by atoms with E-state index in [4.69, 9.17) is 11.6 Å². The van der Waals surface area contributed by atoms with Crippen molar-refractivity contribution >= 4 is 28.9 Å². The maximum absolute atomic E-state index is 6.19. The summed E-state index contributed by atoms with van der Waals surface area (Å²) >= 11 is 6.19. The third-order valence-corrected chi connectivity index (χ3v) is 3.65. The van der Waals surface area contributed by atoms with Gasteiger partial charge in [-0.1, -0.05) is 23.7 Å². The van der Waals surface area contributed by atoms with Crippen LogP contribution in [0.15, 0.2) is 30.6 Å². The van der Waals surface area contributed by atoms with Crippen molar-refractivity contribution in [3.8, 4) is 0 Å². The number of anilines is 2. The molecule has 6 heteroatoms. The standard InChI is InChI=1S/C14H14ClN5/c1-9-5-4-6-11(7-9)19(3)13-10(2)12(15)18-14-16-8-17-20(13)14/h4-8H,1-3H3. The van der Waals surface area contributed by atoms with Gasteiger partial charge in [-0.15, -0.1) is 0 Å². The van der Waals surface area contributed by atoms with Crippen molar-refractivity contribution in [2.45, 2.75) is 13.8 Å². The molecule has 0 aliphatic rings. The highest BCUT2D eigenvalue weighted by Gasteiger charge is 2.17. The lowest BCUT2D eigenvalue weighted by molar-refractivity contribution is 0.900. The van der Waals surface area contributed by atoms with Crippen LogP contribution in [-0.2, 0) is 0 Å². The Balaban J connectivity index is 2.23. The number of rotatable bonds is 2. The Labute approximate surface area is 121 Å². The molecule has 2 heterocycles. The SMILES string of the molecule is Cc1cccc(N(C)c2c(C)c(Cl)nc3ncnn23)c1. The Bertz CT molecular complexity index is 780. The van der Waals surface area contributed by atoms with Crippen LogP contribution in [0.25, 0.3) is 5.78 Å². The van der Waals surface area contributed by atoms with E-state index in [1.807, 2.05) is 31.0 Å². The number of fused-ring (bicyclic) bond motifs is 1. The van der Waals surface area contributed by atoms with Crippen LogP contribution in [0.1, 0.15) is 11.1 Å². The molecular weight excluding hydrogens is 274 g/mol. The maximum Gasteiger partial charge on any atom is 0.255 e. The van der Waals surface area contributed by atoms with Crippen LogP contribution in [0.4, 0.5) is 11.5 Å². The topological polar surface area (TPSA) is 46.3 Å². The monoisotopic (exact) mass is 287 g/mol. The molecule has 0 atom stereocenters. The van der Waals surface area contributed by atoms with Gasteiger partial charge < -0.3 is 4.90 Å². The average molecular weight is 288 g/mol. The van der Waals surface area contributed by atoms with Crippen LogP contribution in [0.3, 0.4) is 0 Å². The molecule has 0 fully saturated rings. The summed E-state index contributed by atoms with van der Waals surface area (Å²) in [5.41, 5.74) is 3.13. The predicted molar refractivity (Wildman–Crippen MR) is 79.8 cm³/mol. The zero-order valence-electron chi connectivity index (χ0n) is 11.5. The number of benzene rings is 1. The van der Waals surface area contributed by atoms with Crippen molar-refractivity contribution < 1.29 is 0 Å². The zero-order valence-corrected chi connectivity index (χ0v) is 12.3. The average Bonchev–Trinajstić information content (AvgIpc) is 2.87. The summed E-state index contributed by atoms with van der Waals surface area (Å²) in [5.74, 6) is 1.36. The number of hydrogen-bond donors (Lipinski definition) is 0. The van der Waals surface area contributed by atoms with E-state index < -0.39 is 0 Å². The normalized spacial score (nSPS) is 11.0. The summed E-state index contributed by atoms with van der Waals surface area (Å²) in [6, 6.07) is 8.24. The zero-order chi connectivity index (χ0) is 14.3. The molecule has 0 saturated carbocycles. The van der Waals surface area contributed by atoms with E-state index in [1.54, 1.807) is 4.52 Å². The van der Waals surface area contributed by atoms with Gasteiger partial charge in [-0.05, 0) is 31.5 Å². The molecule has 0 saturated heterocycles. The maximum atomic E-state index is 6.19. The van der Waals surface area contributed by atoms with Gasteiger partial charge in [0.1, 0.15) is 17.3 Å². The number of nitrogens with zero attached hydrogens (tertiary/aromatic N) is 5. The van der Waals surface area contributed by atoms with Crippen molar-refractivity contribution in [1.82, 2.24) is 19.6 Å². The lowest BCUT2D eigenvalue weighted by atomic mass is 10.2. The lowest BCUT2D eigenvalue weighted by Gasteiger charge is -2.22. The minimum absolute atomic E-state index is 0.444. The van der Waals surface area contributed by atoms with Gasteiger partial charge in [-0.3, -0.25) is 0 Å². The van der Waals surface area contributed by atoms with Crippen LogP contribution in [0.2, 0.25) is 5.15 Å². The van der Waals surface area contributed by atoms with Crippen molar-refractivity contribution in [2.75, 3.05) is 11.9 Å². The highest BCUT2D eigenvalue weighted by Crippen LogP contribution is 2.30. The second-order valence-corrected chi connectivity index (χ2v) is 5.08. The summed E-state index contributed by atoms with van der Waals surface area (Å²) in [6.07, 6.45) is 1.48. The minimum atomic E-state index is 0.444. The minimum Gasteiger partial charge on any atom is -0.329 e. The molecule has 0 unspecified atom stereocenters. The quantitative estimate of drug-likeness (QED) is 0.679. The first-order valence-corrected chi connectivity index (χ1v) is 6.62. The highest BCUT2D eigenvalue weighted by atomic mass is 35.5. The van der Waals surface area contributed by atoms with Gasteiger partial charge in [0.15, 0.2) is 0 Å². The first kappa shape index (κ1) is 12.9. The summed E-state index contributed by atoms with van der Waals surface area (Å²) < 4.78 is 1.70. The van der Waals surface area contributed by atoms with Gasteiger partial charge in [-0.25, -0.2) is 0 Å². The van der Waals surface area contributed by atoms with Crippen molar-refractivity contribution in [1.29, 1.82) is 0 Å². The highest BCUT2D eigenvalue weighted by molar-refractivity contribution is 6.30. The van der Waals surface area contributed by atoms with Crippen LogP contribution >= 0.6 is 11.6 Å². The Morgan fingerprint density at radius 2 is 2.05 bits per heavy atom. The van der Waals surface area contributed by atoms with E-state index in [0.717, 1.165) is 17.1 Å². The van der Waals surface area contributed by atoms with Gasteiger partial charge in [0.05, 0.1) is 0 Å². The molecule has 0 aliphatic carbocycles. The fourth-order valence-corrected chi connectivity index (χ4v) is 2.40. The number of aryl methyl sites for hydroxylation is 1. The molecule has 1 aromatic carbocycles. The Kier molecular flexibility index (Phi) is 3.06. The van der Waals surface area contributed by atoms with E-state index in [9.17, 15) is 0 Å². The molecule has 3 rings (SSSR count). The van der Waals surface area contributed by atoms with Gasteiger partial charge in [0, 0.05) is 18.3 Å². The van der Waals surface area contributed by atoms with E-state index in [1.165, 1.54) is 11.9 Å². The molecule has 0 bridgehead atoms. The van der Waals surface area contributed by atoms with Gasteiger partial charge in [-0.2, -0.15) is 19.6 Å². The lowest BCUT2D eigenvalue weighted by Crippen LogP contribution is -2.16. The summed E-state index contributed by atoms with van der Waals surface area (Å²) in [7, 11) is 1.98. The number of halogens is 1. The molecule has 3 aromatic rings. The largest absolute Gasteiger partial charge is 0.329 e. The molecule has 102 valence electrons. The first-order chi connectivity index (χ1) is 9.58. The molecule has 0 N–H and O–H groups in total. The van der Waals surface area contributed by atoms with Gasteiger partial charge in [0.25, 0.3) is 5.78 Å². The second-order valence-electron chi connectivity index (χ2n) is 4.72. The Hall–Kier alpha value is -2.14. The molecule has 0 spiro atoms. The molecule has 20 heavy (non-hydrogen) atoms. The van der Waals surface area contributed by atoms with Crippen LogP contribution in [0.5, 0.6) is 0 Å². The third kappa shape index (κ3) is 2.00. The van der Waals surface area contributed by atoms with Gasteiger partial charge in [0.2, 0.25) is 0 Å². The molecule has 0 amide bonds. The van der Waals surface area contributed by atoms with Crippen molar-refractivity contribution in [2.24, 2.45) is 0 Å². The Morgan fingerprint density at radius 3 is 2.80 bits per heavy atom. The third-order valence-electron chi connectivity index (χ3n) is 3.28. The molecular formula is C14H14ClN5. The van der Waals surface area contributed by atoms with Crippen LogP contribution in [-0.4, -0.2) is 26.6 Å². The van der Waals surface area contributed by atoms with Crippen LogP contribution < -0.4 is 4.90 Å². The Morgan fingerprint density at radius 1 is 1.25 bits per heavy atom. The second kappa shape index (κ2) is 4.76. The summed E-state index contributed by atoms with van der Waals surface area (Å²) in [6.45, 7) is 3.99. The smallest absolute Gasteiger partial charge is 0.255 e. The van der Waals surface area contributed by atoms with Crippen molar-refractivity contribution in [3.05, 3.63) is 46.9 Å². The van der Waals surface area contributed by atoms with Gasteiger partial charge >= 0.3 is 0 Å². The van der Waals surface area contributed by atoms with E-state index in [0.29, 0.717) is 10.9 Å². The molecule has 0 radical (unpaired) electrons. The van der Waals surface area contributed by atoms with E-state index >= 15 is 0 Å². The van der Waals surface area contributed by atoms with Crippen molar-refractivity contribution in [3.63, 3.8) is 0 Å². The van der Waals surface area contributed by atoms with E-state index in [2.05, 4.69) is 34.1 Å². The number of hydrogen-bond acceptors (Lipinski definition) is 4. The molecule has 2 aromatic heterocycles. The molecule has 0 aliphatic heterocycles. The molecule has 5 nitrogen and oxygen atoms in total. The van der Waals surface area contributed by atoms with E-state index in [-0.39, 0.29) is 0 Å². The summed E-state index contributed by atoms with van der Waals surface area (Å²) in [5, 5.41) is 4.68. The summed E-state index contributed by atoms with van der Waals surface area (Å²) in [4.78, 5) is 10.4.